The molecule has 0 aliphatic rings. The van der Waals surface area contributed by atoms with Gasteiger partial charge in [0.05, 0.1) is 13.2 Å². The molecule has 0 saturated heterocycles. The van der Waals surface area contributed by atoms with Gasteiger partial charge in [-0.05, 0) is 6.92 Å². The molecule has 0 radical (unpaired) electrons. The zero-order valence-corrected chi connectivity index (χ0v) is 8.36. The third kappa shape index (κ3) is 6.39. The van der Waals surface area contributed by atoms with Crippen LogP contribution in [-0.4, -0.2) is 30.6 Å². The van der Waals surface area contributed by atoms with Gasteiger partial charge >= 0.3 is 5.97 Å². The first-order valence-electron chi connectivity index (χ1n) is 4.31. The third-order valence-corrected chi connectivity index (χ3v) is 1.34. The van der Waals surface area contributed by atoms with Crippen LogP contribution in [0.2, 0.25) is 0 Å². The van der Waals surface area contributed by atoms with Crippen LogP contribution in [0.4, 0.5) is 0 Å². The van der Waals surface area contributed by atoms with E-state index < -0.39 is 12.3 Å². The van der Waals surface area contributed by atoms with Crippen LogP contribution < -0.4 is 0 Å². The van der Waals surface area contributed by atoms with E-state index in [4.69, 9.17) is 4.74 Å². The van der Waals surface area contributed by atoms with Crippen molar-refractivity contribution < 1.29 is 19.4 Å². The van der Waals surface area contributed by atoms with Crippen LogP contribution in [-0.2, 0) is 14.3 Å². The summed E-state index contributed by atoms with van der Waals surface area (Å²) in [4.78, 5) is 10.9. The largest absolute Gasteiger partial charge is 0.433 e. The maximum Gasteiger partial charge on any atom is 0.335 e. The SMILES string of the molecule is C=CCOCCC(O)OC(=O)C(=C)C. The Labute approximate surface area is 83.8 Å². The van der Waals surface area contributed by atoms with Crippen molar-refractivity contribution in [3.63, 3.8) is 0 Å². The lowest BCUT2D eigenvalue weighted by molar-refractivity contribution is -0.165. The average Bonchev–Trinajstić information content (AvgIpc) is 2.12. The number of esters is 1. The average molecular weight is 200 g/mol. The molecule has 0 fully saturated rings. The number of carbonyl (C=O) groups is 1. The summed E-state index contributed by atoms with van der Waals surface area (Å²) in [5.74, 6) is -0.596. The molecule has 14 heavy (non-hydrogen) atoms. The Morgan fingerprint density at radius 1 is 1.64 bits per heavy atom. The van der Waals surface area contributed by atoms with Gasteiger partial charge in [-0.15, -0.1) is 6.58 Å². The molecule has 0 aromatic heterocycles. The number of hydrogen-bond donors (Lipinski definition) is 1. The molecule has 0 heterocycles. The van der Waals surface area contributed by atoms with E-state index in [0.29, 0.717) is 13.2 Å². The number of aliphatic hydroxyl groups is 1. The van der Waals surface area contributed by atoms with Gasteiger partial charge in [0.15, 0.2) is 0 Å². The van der Waals surface area contributed by atoms with Crippen LogP contribution in [0.25, 0.3) is 0 Å². The summed E-state index contributed by atoms with van der Waals surface area (Å²) in [6.07, 6.45) is 0.711. The molecule has 1 unspecified atom stereocenters. The van der Waals surface area contributed by atoms with E-state index >= 15 is 0 Å². The summed E-state index contributed by atoms with van der Waals surface area (Å²) in [6.45, 7) is 9.10. The summed E-state index contributed by atoms with van der Waals surface area (Å²) >= 11 is 0. The van der Waals surface area contributed by atoms with Gasteiger partial charge in [-0.1, -0.05) is 12.7 Å². The van der Waals surface area contributed by atoms with Gasteiger partial charge in [0.1, 0.15) is 0 Å². The van der Waals surface area contributed by atoms with Crippen molar-refractivity contribution >= 4 is 5.97 Å². The van der Waals surface area contributed by atoms with E-state index in [2.05, 4.69) is 17.9 Å². The fraction of sp³-hybridized carbons (Fsp3) is 0.500. The smallest absolute Gasteiger partial charge is 0.335 e. The van der Waals surface area contributed by atoms with Crippen molar-refractivity contribution in [2.45, 2.75) is 19.6 Å². The Bertz CT molecular complexity index is 210. The van der Waals surface area contributed by atoms with Crippen LogP contribution in [0.15, 0.2) is 24.8 Å². The molecule has 0 aromatic rings. The Balaban J connectivity index is 3.54. The van der Waals surface area contributed by atoms with Gasteiger partial charge in [0, 0.05) is 12.0 Å². The summed E-state index contributed by atoms with van der Waals surface area (Å²) in [5, 5.41) is 9.18. The first-order chi connectivity index (χ1) is 6.57. The predicted molar refractivity (Wildman–Crippen MR) is 52.5 cm³/mol. The Kier molecular flexibility index (Phi) is 6.70. The molecule has 0 spiro atoms. The van der Waals surface area contributed by atoms with Gasteiger partial charge in [0.2, 0.25) is 6.29 Å². The second-order valence-corrected chi connectivity index (χ2v) is 2.79. The van der Waals surface area contributed by atoms with Crippen molar-refractivity contribution in [3.8, 4) is 0 Å². The molecule has 1 atom stereocenters. The lowest BCUT2D eigenvalue weighted by Gasteiger charge is -2.11. The summed E-state index contributed by atoms with van der Waals surface area (Å²) in [7, 11) is 0. The molecule has 4 nitrogen and oxygen atoms in total. The van der Waals surface area contributed by atoms with E-state index in [1.165, 1.54) is 6.92 Å². The number of rotatable bonds is 7. The Morgan fingerprint density at radius 3 is 2.79 bits per heavy atom. The molecule has 0 saturated carbocycles. The van der Waals surface area contributed by atoms with Gasteiger partial charge in [-0.25, -0.2) is 4.79 Å². The maximum atomic E-state index is 10.9. The van der Waals surface area contributed by atoms with E-state index in [0.717, 1.165) is 0 Å². The summed E-state index contributed by atoms with van der Waals surface area (Å²) in [6, 6.07) is 0. The van der Waals surface area contributed by atoms with Crippen LogP contribution >= 0.6 is 0 Å². The highest BCUT2D eigenvalue weighted by atomic mass is 16.6. The monoisotopic (exact) mass is 200 g/mol. The quantitative estimate of drug-likeness (QED) is 0.219. The lowest BCUT2D eigenvalue weighted by Crippen LogP contribution is -2.19. The fourth-order valence-electron chi connectivity index (χ4n) is 0.634. The zero-order chi connectivity index (χ0) is 11.0. The highest BCUT2D eigenvalue weighted by molar-refractivity contribution is 5.86. The minimum absolute atomic E-state index is 0.243. The van der Waals surface area contributed by atoms with E-state index in [1.54, 1.807) is 6.08 Å². The van der Waals surface area contributed by atoms with Gasteiger partial charge in [-0.3, -0.25) is 0 Å². The minimum Gasteiger partial charge on any atom is -0.433 e. The van der Waals surface area contributed by atoms with Crippen molar-refractivity contribution in [2.24, 2.45) is 0 Å². The normalized spacial score (nSPS) is 11.9. The minimum atomic E-state index is -1.14. The predicted octanol–water partition coefficient (Wildman–Crippen LogP) is 1.02. The van der Waals surface area contributed by atoms with Crippen LogP contribution in [0.3, 0.4) is 0 Å². The first kappa shape index (κ1) is 12.9. The number of carbonyl (C=O) groups excluding carboxylic acids is 1. The number of aliphatic hydroxyl groups excluding tert-OH is 1. The molecule has 0 aliphatic heterocycles. The van der Waals surface area contributed by atoms with Crippen LogP contribution in [0, 0.1) is 0 Å². The molecular weight excluding hydrogens is 184 g/mol. The first-order valence-corrected chi connectivity index (χ1v) is 4.31. The Hall–Kier alpha value is -1.13. The topological polar surface area (TPSA) is 55.8 Å². The molecule has 1 N–H and O–H groups in total. The zero-order valence-electron chi connectivity index (χ0n) is 8.36. The van der Waals surface area contributed by atoms with Gasteiger partial charge in [0.25, 0.3) is 0 Å². The highest BCUT2D eigenvalue weighted by Gasteiger charge is 2.10. The molecular formula is C10H16O4. The second-order valence-electron chi connectivity index (χ2n) is 2.79. The molecule has 0 aliphatic carbocycles. The van der Waals surface area contributed by atoms with Gasteiger partial charge in [-0.2, -0.15) is 0 Å². The Morgan fingerprint density at radius 2 is 2.29 bits per heavy atom. The molecule has 80 valence electrons. The van der Waals surface area contributed by atoms with E-state index in [9.17, 15) is 9.90 Å². The lowest BCUT2D eigenvalue weighted by atomic mass is 10.3. The molecule has 0 bridgehead atoms. The van der Waals surface area contributed by atoms with Crippen molar-refractivity contribution in [1.29, 1.82) is 0 Å². The van der Waals surface area contributed by atoms with Crippen molar-refractivity contribution in [2.75, 3.05) is 13.2 Å². The van der Waals surface area contributed by atoms with Crippen molar-refractivity contribution in [1.82, 2.24) is 0 Å². The molecule has 0 amide bonds. The standard InChI is InChI=1S/C10H16O4/c1-4-6-13-7-5-9(11)14-10(12)8(2)3/h4,9,11H,1-2,5-7H2,3H3. The molecule has 4 heteroatoms. The molecule has 0 rings (SSSR count). The summed E-state index contributed by atoms with van der Waals surface area (Å²) < 4.78 is 9.61. The van der Waals surface area contributed by atoms with Crippen LogP contribution in [0.5, 0.6) is 0 Å². The third-order valence-electron chi connectivity index (χ3n) is 1.34. The van der Waals surface area contributed by atoms with Crippen molar-refractivity contribution in [3.05, 3.63) is 24.8 Å². The molecule has 0 aromatic carbocycles. The number of hydrogen-bond acceptors (Lipinski definition) is 4. The summed E-state index contributed by atoms with van der Waals surface area (Å²) in [5.41, 5.74) is 0.260. The second kappa shape index (κ2) is 7.29. The van der Waals surface area contributed by atoms with Gasteiger partial charge < -0.3 is 14.6 Å². The fourth-order valence-corrected chi connectivity index (χ4v) is 0.634. The maximum absolute atomic E-state index is 10.9. The number of ether oxygens (including phenoxy) is 2. The van der Waals surface area contributed by atoms with Crippen LogP contribution in [0.1, 0.15) is 13.3 Å². The van der Waals surface area contributed by atoms with E-state index in [-0.39, 0.29) is 12.0 Å². The van der Waals surface area contributed by atoms with E-state index in [1.807, 2.05) is 0 Å². The highest BCUT2D eigenvalue weighted by Crippen LogP contribution is 2.00.